The van der Waals surface area contributed by atoms with Crippen molar-refractivity contribution < 1.29 is 20.0 Å². The molecule has 0 aromatic heterocycles. The number of aryl methyl sites for hydroxylation is 2. The van der Waals surface area contributed by atoms with Gasteiger partial charge in [0.15, 0.2) is 0 Å². The molecule has 0 spiro atoms. The van der Waals surface area contributed by atoms with Crippen molar-refractivity contribution in [2.24, 2.45) is 0 Å². The SMILES string of the molecule is Cc1cccc(-c2cccc3c2C=C2[CH]3[Hf]([CH3])([CH3])[CH]3C(=Cc4c(-c5cccc(C)c5)cccc43)[Si]2(C(C)C)C(C)C)c1. The van der Waals surface area contributed by atoms with E-state index in [4.69, 9.17) is 0 Å². The minimum atomic E-state index is -3.08. The molecule has 0 amide bonds. The molecule has 1 fully saturated rings. The van der Waals surface area contributed by atoms with Crippen LogP contribution in [0, 0.1) is 13.8 Å². The van der Waals surface area contributed by atoms with Crippen molar-refractivity contribution in [1.82, 2.24) is 0 Å². The van der Waals surface area contributed by atoms with Crippen molar-refractivity contribution in [3.05, 3.63) is 129 Å². The topological polar surface area (TPSA) is 0 Å². The predicted molar refractivity (Wildman–Crippen MR) is 182 cm³/mol. The van der Waals surface area contributed by atoms with Crippen LogP contribution >= 0.6 is 0 Å². The summed E-state index contributed by atoms with van der Waals surface area (Å²) in [6.07, 6.45) is 5.51. The van der Waals surface area contributed by atoms with Gasteiger partial charge in [0.1, 0.15) is 0 Å². The predicted octanol–water partition coefficient (Wildman–Crippen LogP) is 11.8. The second kappa shape index (κ2) is 9.99. The molecule has 1 saturated heterocycles. The molecular weight excluding hydrogens is 687 g/mol. The van der Waals surface area contributed by atoms with Crippen molar-refractivity contribution in [2.75, 3.05) is 0 Å². The monoisotopic (exact) mass is 732 g/mol. The van der Waals surface area contributed by atoms with Crippen molar-refractivity contribution in [3.8, 4) is 22.3 Å². The molecule has 2 atom stereocenters. The van der Waals surface area contributed by atoms with Crippen LogP contribution < -0.4 is 0 Å². The van der Waals surface area contributed by atoms with Crippen LogP contribution in [0.3, 0.4) is 0 Å². The summed E-state index contributed by atoms with van der Waals surface area (Å²) in [6.45, 7) is 14.7. The number of hydrogen-bond acceptors (Lipinski definition) is 0. The van der Waals surface area contributed by atoms with Crippen molar-refractivity contribution in [3.63, 3.8) is 0 Å². The van der Waals surface area contributed by atoms with Gasteiger partial charge in [0.2, 0.25) is 0 Å². The van der Waals surface area contributed by atoms with Crippen LogP contribution in [-0.4, -0.2) is 8.07 Å². The summed E-state index contributed by atoms with van der Waals surface area (Å²) in [5.41, 5.74) is 15.9. The van der Waals surface area contributed by atoms with E-state index < -0.39 is 28.0 Å². The van der Waals surface area contributed by atoms with E-state index in [0.29, 0.717) is 18.4 Å². The Morgan fingerprint density at radius 1 is 0.571 bits per heavy atom. The first-order chi connectivity index (χ1) is 20.1. The van der Waals surface area contributed by atoms with Crippen LogP contribution in [0.5, 0.6) is 0 Å². The fourth-order valence-electron chi connectivity index (χ4n) is 9.59. The van der Waals surface area contributed by atoms with Gasteiger partial charge in [-0.3, -0.25) is 0 Å². The molecule has 0 radical (unpaired) electrons. The van der Waals surface area contributed by atoms with Crippen LogP contribution in [0.25, 0.3) is 34.4 Å². The van der Waals surface area contributed by atoms with Gasteiger partial charge in [-0.1, -0.05) is 0 Å². The van der Waals surface area contributed by atoms with Crippen LogP contribution in [0.1, 0.15) is 68.4 Å². The third kappa shape index (κ3) is 3.87. The third-order valence-electron chi connectivity index (χ3n) is 11.0. The average molecular weight is 731 g/mol. The molecule has 2 heteroatoms. The normalized spacial score (nSPS) is 21.0. The van der Waals surface area contributed by atoms with Gasteiger partial charge in [0.05, 0.1) is 0 Å². The molecular formula is C40H44HfSi. The van der Waals surface area contributed by atoms with Gasteiger partial charge in [-0.05, 0) is 0 Å². The van der Waals surface area contributed by atoms with E-state index >= 15 is 0 Å². The van der Waals surface area contributed by atoms with E-state index in [1.165, 1.54) is 44.5 Å². The maximum absolute atomic E-state index is 3.08. The summed E-state index contributed by atoms with van der Waals surface area (Å²) in [5.74, 6) is 0. The molecule has 3 aliphatic rings. The van der Waals surface area contributed by atoms with Crippen LogP contribution in [0.15, 0.2) is 95.3 Å². The number of hydrogen-bond donors (Lipinski definition) is 0. The molecule has 212 valence electrons. The summed E-state index contributed by atoms with van der Waals surface area (Å²) in [5, 5.41) is 3.75. The van der Waals surface area contributed by atoms with Gasteiger partial charge in [0, 0.05) is 0 Å². The quantitative estimate of drug-likeness (QED) is 0.183. The van der Waals surface area contributed by atoms with E-state index in [1.54, 1.807) is 11.1 Å². The number of fused-ring (bicyclic) bond motifs is 6. The van der Waals surface area contributed by atoms with E-state index in [0.717, 1.165) is 0 Å². The number of rotatable bonds is 4. The molecule has 1 aliphatic heterocycles. The Morgan fingerprint density at radius 2 is 0.976 bits per heavy atom. The summed E-state index contributed by atoms with van der Waals surface area (Å²) < 4.78 is 6.91. The molecule has 7 rings (SSSR count). The summed E-state index contributed by atoms with van der Waals surface area (Å²) in [6, 6.07) is 32.8. The Hall–Kier alpha value is -2.55. The van der Waals surface area contributed by atoms with Crippen molar-refractivity contribution in [1.29, 1.82) is 0 Å². The molecule has 4 aromatic carbocycles. The van der Waals surface area contributed by atoms with Crippen molar-refractivity contribution in [2.45, 2.75) is 69.3 Å². The Morgan fingerprint density at radius 3 is 1.36 bits per heavy atom. The Bertz CT molecular complexity index is 1670. The van der Waals surface area contributed by atoms with Gasteiger partial charge in [-0.15, -0.1) is 0 Å². The van der Waals surface area contributed by atoms with E-state index in [9.17, 15) is 0 Å². The first-order valence-corrected chi connectivity index (χ1v) is 29.4. The number of benzene rings is 4. The van der Waals surface area contributed by atoms with Gasteiger partial charge < -0.3 is 0 Å². The number of allylic oxidation sites excluding steroid dienone is 2. The molecule has 0 N–H and O–H groups in total. The fraction of sp³-hybridized carbons (Fsp3) is 0.300. The summed E-state index contributed by atoms with van der Waals surface area (Å²) >= 11 is -3.08. The molecule has 2 aliphatic carbocycles. The average Bonchev–Trinajstić information content (AvgIpc) is 3.53. The zero-order valence-corrected chi connectivity index (χ0v) is 31.1. The van der Waals surface area contributed by atoms with E-state index in [-0.39, 0.29) is 0 Å². The molecule has 2 unspecified atom stereocenters. The molecule has 0 saturated carbocycles. The van der Waals surface area contributed by atoms with Crippen LogP contribution in [-0.2, 0) is 20.0 Å². The standard InChI is InChI=1S/C38H38Si.2CH3.Hf/c1-25(2)39(26(3)4,33-21-31-15-9-17-35(37(31)23-33)29-13-7-11-27(5)19-29)34-22-32-16-10-18-36(38(32)24-34)30-14-8-12-28(6)20-30;;;/h7-26H,1-6H3;2*1H3;. The molecule has 1 heterocycles. The zero-order valence-electron chi connectivity index (χ0n) is 26.5. The second-order valence-corrected chi connectivity index (χ2v) is 36.9. The van der Waals surface area contributed by atoms with Gasteiger partial charge >= 0.3 is 260 Å². The van der Waals surface area contributed by atoms with E-state index in [1.807, 2.05) is 10.4 Å². The van der Waals surface area contributed by atoms with E-state index in [2.05, 4.69) is 148 Å². The van der Waals surface area contributed by atoms with Gasteiger partial charge in [-0.2, -0.15) is 0 Å². The van der Waals surface area contributed by atoms with Crippen LogP contribution in [0.2, 0.25) is 20.4 Å². The van der Waals surface area contributed by atoms with Gasteiger partial charge in [-0.25, -0.2) is 0 Å². The third-order valence-corrected chi connectivity index (χ3v) is 34.7. The Balaban J connectivity index is 1.52. The fourth-order valence-corrected chi connectivity index (χ4v) is 42.3. The van der Waals surface area contributed by atoms with Gasteiger partial charge in [0.25, 0.3) is 0 Å². The maximum atomic E-state index is 2.80. The molecule has 0 bridgehead atoms. The molecule has 42 heavy (non-hydrogen) atoms. The molecule has 4 aromatic rings. The zero-order chi connectivity index (χ0) is 29.6. The Labute approximate surface area is 258 Å². The first kappa shape index (κ1) is 28.2. The van der Waals surface area contributed by atoms with Crippen LogP contribution in [0.4, 0.5) is 0 Å². The molecule has 0 nitrogen and oxygen atoms in total. The summed E-state index contributed by atoms with van der Waals surface area (Å²) in [4.78, 5) is 0. The first-order valence-electron chi connectivity index (χ1n) is 15.9. The van der Waals surface area contributed by atoms with Crippen molar-refractivity contribution >= 4 is 20.2 Å². The summed E-state index contributed by atoms with van der Waals surface area (Å²) in [7, 11) is -2.07. The second-order valence-electron chi connectivity index (χ2n) is 14.4. The minimum absolute atomic E-state index is 0.651. The Kier molecular flexibility index (Phi) is 6.72.